The van der Waals surface area contributed by atoms with Crippen molar-refractivity contribution in [3.8, 4) is 17.2 Å². The second-order valence-electron chi connectivity index (χ2n) is 10.2. The van der Waals surface area contributed by atoms with Crippen molar-refractivity contribution < 1.29 is 28.1 Å². The van der Waals surface area contributed by atoms with E-state index in [4.69, 9.17) is 23.9 Å². The molecule has 0 amide bonds. The van der Waals surface area contributed by atoms with Gasteiger partial charge in [0, 0.05) is 20.3 Å². The van der Waals surface area contributed by atoms with Gasteiger partial charge in [0.05, 0.1) is 40.2 Å². The maximum atomic E-state index is 14.4. The first-order chi connectivity index (χ1) is 22.2. The first-order valence-electron chi connectivity index (χ1n) is 14.5. The first kappa shape index (κ1) is 34.1. The lowest BCUT2D eigenvalue weighted by atomic mass is 9.93. The maximum Gasteiger partial charge on any atom is 0.338 e. The van der Waals surface area contributed by atoms with Crippen LogP contribution in [0.25, 0.3) is 6.08 Å². The normalized spacial score (nSPS) is 14.5. The highest BCUT2D eigenvalue weighted by Gasteiger charge is 2.36. The molecule has 1 aliphatic rings. The van der Waals surface area contributed by atoms with Crippen LogP contribution in [0.1, 0.15) is 49.4 Å². The molecule has 0 bridgehead atoms. The number of fused-ring (bicyclic) bond motifs is 1. The predicted molar refractivity (Wildman–Crippen MR) is 192 cm³/mol. The molecule has 5 rings (SSSR count). The lowest BCUT2D eigenvalue weighted by molar-refractivity contribution is -0.139. The Morgan fingerprint density at radius 1 is 1.09 bits per heavy atom. The molecule has 4 aromatic rings. The molecule has 8 nitrogen and oxygen atoms in total. The van der Waals surface area contributed by atoms with E-state index < -0.39 is 12.0 Å². The number of thiazole rings is 1. The minimum absolute atomic E-state index is 0.0181. The maximum absolute atomic E-state index is 14.4. The quantitative estimate of drug-likeness (QED) is 0.126. The predicted octanol–water partition coefficient (Wildman–Crippen LogP) is 6.52. The summed E-state index contributed by atoms with van der Waals surface area (Å²) in [6.45, 7) is 3.92. The Balaban J connectivity index is 1.74. The summed E-state index contributed by atoms with van der Waals surface area (Å²) >= 11 is 5.62. The summed E-state index contributed by atoms with van der Waals surface area (Å²) < 4.78 is 41.0. The van der Waals surface area contributed by atoms with Crippen LogP contribution in [0.5, 0.6) is 17.2 Å². The topological polar surface area (TPSA) is 88.4 Å². The molecule has 3 aromatic carbocycles. The minimum atomic E-state index is -0.878. The number of halogens is 3. The number of aromatic nitrogens is 1. The zero-order chi connectivity index (χ0) is 33.0. The molecule has 12 heteroatoms. The number of esters is 1. The first-order valence-corrected chi connectivity index (χ1v) is 17.5. The third-order valence-corrected chi connectivity index (χ3v) is 9.68. The highest BCUT2D eigenvalue weighted by molar-refractivity contribution is 14.1. The minimum Gasteiger partial charge on any atom is -0.497 e. The van der Waals surface area contributed by atoms with Gasteiger partial charge in [-0.15, -0.1) is 0 Å². The molecule has 46 heavy (non-hydrogen) atoms. The van der Waals surface area contributed by atoms with E-state index in [9.17, 15) is 14.0 Å². The van der Waals surface area contributed by atoms with E-state index >= 15 is 0 Å². The van der Waals surface area contributed by atoms with Gasteiger partial charge >= 0.3 is 5.97 Å². The Morgan fingerprint density at radius 2 is 1.87 bits per heavy atom. The van der Waals surface area contributed by atoms with Crippen LogP contribution in [-0.4, -0.2) is 31.4 Å². The third kappa shape index (κ3) is 7.03. The number of hydrogen-bond acceptors (Lipinski definition) is 8. The van der Waals surface area contributed by atoms with Crippen LogP contribution in [0.3, 0.4) is 0 Å². The fraction of sp³-hybridized carbons (Fsp3) is 0.265. The molecule has 1 aliphatic heterocycles. The Kier molecular flexibility index (Phi) is 11.2. The number of carbonyl (C=O) groups excluding carboxylic acids is 1. The Hall–Kier alpha value is -3.24. The van der Waals surface area contributed by atoms with Gasteiger partial charge in [0.1, 0.15) is 35.7 Å². The molecular weight excluding hydrogens is 837 g/mol. The number of nitrogens with zero attached hydrogens (tertiary/aromatic N) is 2. The molecule has 2 heterocycles. The number of ether oxygens (including phenoxy) is 4. The summed E-state index contributed by atoms with van der Waals surface area (Å²) in [5, 5.41) is 0. The van der Waals surface area contributed by atoms with Crippen molar-refractivity contribution in [1.29, 1.82) is 0 Å². The lowest BCUT2D eigenvalue weighted by Crippen LogP contribution is -2.40. The summed E-state index contributed by atoms with van der Waals surface area (Å²) in [7, 11) is 3.09. The molecule has 0 saturated heterocycles. The van der Waals surface area contributed by atoms with Gasteiger partial charge in [-0.05, 0) is 101 Å². The van der Waals surface area contributed by atoms with Crippen molar-refractivity contribution in [2.75, 3.05) is 20.8 Å². The Morgan fingerprint density at radius 3 is 2.57 bits per heavy atom. The van der Waals surface area contributed by atoms with E-state index in [1.807, 2.05) is 19.1 Å². The van der Waals surface area contributed by atoms with Crippen LogP contribution >= 0.6 is 56.5 Å². The van der Waals surface area contributed by atoms with Crippen molar-refractivity contribution in [3.63, 3.8) is 0 Å². The molecule has 0 spiro atoms. The van der Waals surface area contributed by atoms with Crippen LogP contribution in [0.2, 0.25) is 0 Å². The second-order valence-corrected chi connectivity index (χ2v) is 13.6. The van der Waals surface area contributed by atoms with Gasteiger partial charge in [-0.25, -0.2) is 14.2 Å². The van der Waals surface area contributed by atoms with E-state index in [0.29, 0.717) is 55.4 Å². The van der Waals surface area contributed by atoms with Crippen molar-refractivity contribution in [2.24, 2.45) is 4.99 Å². The van der Waals surface area contributed by atoms with E-state index in [0.717, 1.165) is 13.6 Å². The van der Waals surface area contributed by atoms with Gasteiger partial charge in [0.15, 0.2) is 4.80 Å². The average Bonchev–Trinajstić information content (AvgIpc) is 3.34. The summed E-state index contributed by atoms with van der Waals surface area (Å²) in [6, 6.07) is 14.7. The largest absolute Gasteiger partial charge is 0.497 e. The molecule has 240 valence electrons. The third-order valence-electron chi connectivity index (χ3n) is 7.28. The van der Waals surface area contributed by atoms with Crippen LogP contribution in [0, 0.1) is 13.0 Å². The van der Waals surface area contributed by atoms with Crippen molar-refractivity contribution in [2.45, 2.75) is 39.3 Å². The van der Waals surface area contributed by atoms with E-state index in [1.54, 1.807) is 56.5 Å². The monoisotopic (exact) mass is 868 g/mol. The number of carbonyl (C=O) groups is 1. The van der Waals surface area contributed by atoms with Crippen LogP contribution in [0.4, 0.5) is 4.39 Å². The summed E-state index contributed by atoms with van der Waals surface area (Å²) in [5.41, 5.74) is 2.15. The molecule has 0 aliphatic carbocycles. The lowest BCUT2D eigenvalue weighted by Gasteiger charge is -2.27. The zero-order valence-corrected chi connectivity index (χ0v) is 30.7. The molecule has 0 fully saturated rings. The standard InChI is InChI=1S/C34H31FI2N2O6S/c1-5-9-26-29(33(41)44-6-2)30(23-17-22(42-3)12-13-27(23)43-4)39-32(40)28(46-34(39)38-26)15-20-14-21(36)16-25(37)31(20)45-18-19-10-7-8-11-24(19)35/h7-8,10-17,30H,5-6,9,18H2,1-4H3/b28-15-/t30-/m1/s1. The molecule has 1 aromatic heterocycles. The average molecular weight is 869 g/mol. The molecule has 0 N–H and O–H groups in total. The fourth-order valence-corrected chi connectivity index (χ4v) is 8.27. The second kappa shape index (κ2) is 15.1. The van der Waals surface area contributed by atoms with Crippen LogP contribution in [0.15, 0.2) is 75.7 Å². The van der Waals surface area contributed by atoms with Crippen molar-refractivity contribution in [1.82, 2.24) is 4.57 Å². The van der Waals surface area contributed by atoms with Crippen LogP contribution < -0.4 is 29.1 Å². The van der Waals surface area contributed by atoms with E-state index in [-0.39, 0.29) is 30.2 Å². The highest BCUT2D eigenvalue weighted by Crippen LogP contribution is 2.39. The Labute approximate surface area is 296 Å². The van der Waals surface area contributed by atoms with Crippen molar-refractivity contribution >= 4 is 68.6 Å². The fourth-order valence-electron chi connectivity index (χ4n) is 5.21. The van der Waals surface area contributed by atoms with Gasteiger partial charge in [-0.3, -0.25) is 9.36 Å². The van der Waals surface area contributed by atoms with Gasteiger partial charge in [-0.1, -0.05) is 42.9 Å². The molecular formula is C34H31FI2N2O6S. The van der Waals surface area contributed by atoms with E-state index in [2.05, 4.69) is 45.2 Å². The molecule has 0 radical (unpaired) electrons. The summed E-state index contributed by atoms with van der Waals surface area (Å²) in [5.74, 6) is 0.650. The molecule has 0 saturated carbocycles. The van der Waals surface area contributed by atoms with Crippen molar-refractivity contribution in [3.05, 3.63) is 115 Å². The molecule has 0 unspecified atom stereocenters. The van der Waals surface area contributed by atoms with Gasteiger partial charge < -0.3 is 18.9 Å². The van der Waals surface area contributed by atoms with Gasteiger partial charge in [0.25, 0.3) is 5.56 Å². The number of methoxy groups -OCH3 is 2. The van der Waals surface area contributed by atoms with E-state index in [1.165, 1.54) is 29.1 Å². The summed E-state index contributed by atoms with van der Waals surface area (Å²) in [4.78, 5) is 33.3. The molecule has 1 atom stereocenters. The number of allylic oxidation sites excluding steroid dienone is 1. The van der Waals surface area contributed by atoms with Gasteiger partial charge in [0.2, 0.25) is 0 Å². The van der Waals surface area contributed by atoms with Gasteiger partial charge in [-0.2, -0.15) is 0 Å². The van der Waals surface area contributed by atoms with Crippen LogP contribution in [-0.2, 0) is 16.1 Å². The SMILES string of the molecule is CCCC1=C(C(=O)OCC)[C@@H](c2cc(OC)ccc2OC)n2c(s/c(=C\c3cc(I)cc(I)c3OCc3ccccc3F)c2=O)=N1. The Bertz CT molecular complexity index is 2010. The highest BCUT2D eigenvalue weighted by atomic mass is 127. The zero-order valence-electron chi connectivity index (χ0n) is 25.6. The smallest absolute Gasteiger partial charge is 0.338 e. The number of rotatable bonds is 11. The number of hydrogen-bond donors (Lipinski definition) is 0. The number of benzene rings is 3. The summed E-state index contributed by atoms with van der Waals surface area (Å²) in [6.07, 6.45) is 2.99.